The van der Waals surface area contributed by atoms with Gasteiger partial charge in [-0.25, -0.2) is 4.79 Å². The van der Waals surface area contributed by atoms with E-state index >= 15 is 0 Å². The topological polar surface area (TPSA) is 157 Å². The summed E-state index contributed by atoms with van der Waals surface area (Å²) in [6, 6.07) is 16.7. The van der Waals surface area contributed by atoms with Gasteiger partial charge in [-0.3, -0.25) is 14.9 Å². The number of unbranched alkanes of at least 4 members (excludes halogenated alkanes) is 3. The molecule has 4 amide bonds. The molecule has 0 radical (unpaired) electrons. The summed E-state index contributed by atoms with van der Waals surface area (Å²) >= 11 is 0. The number of benzene rings is 3. The minimum absolute atomic E-state index is 0.0162. The Morgan fingerprint density at radius 3 is 2.30 bits per heavy atom. The maximum Gasteiger partial charge on any atom is 0.318 e. The van der Waals surface area contributed by atoms with Crippen LogP contribution in [0.3, 0.4) is 0 Å². The number of carbonyl (C=O) groups is 3. The molecule has 0 spiro atoms. The van der Waals surface area contributed by atoms with Crippen molar-refractivity contribution in [3.8, 4) is 11.5 Å². The molecule has 37 heavy (non-hydrogen) atoms. The van der Waals surface area contributed by atoms with Crippen LogP contribution in [-0.4, -0.2) is 42.1 Å². The summed E-state index contributed by atoms with van der Waals surface area (Å²) in [5, 5.41) is 16.3. The molecule has 0 aromatic heterocycles. The summed E-state index contributed by atoms with van der Waals surface area (Å²) in [6.07, 6.45) is 3.87. The van der Waals surface area contributed by atoms with Crippen molar-refractivity contribution in [3.05, 3.63) is 71.8 Å². The van der Waals surface area contributed by atoms with E-state index in [1.165, 1.54) is 0 Å². The van der Waals surface area contributed by atoms with E-state index in [-0.39, 0.29) is 18.1 Å². The second-order valence-electron chi connectivity index (χ2n) is 8.93. The lowest BCUT2D eigenvalue weighted by molar-refractivity contribution is -0.122. The van der Waals surface area contributed by atoms with Gasteiger partial charge in [-0.1, -0.05) is 49.2 Å². The average Bonchev–Trinajstić information content (AvgIpc) is 2.86. The number of aromatic hydroxyl groups is 1. The smallest absolute Gasteiger partial charge is 0.318 e. The van der Waals surface area contributed by atoms with Crippen molar-refractivity contribution in [3.63, 3.8) is 0 Å². The maximum absolute atomic E-state index is 12.2. The van der Waals surface area contributed by atoms with Crippen molar-refractivity contribution in [2.45, 2.75) is 44.6 Å². The molecule has 9 nitrogen and oxygen atoms in total. The van der Waals surface area contributed by atoms with Crippen molar-refractivity contribution in [1.29, 1.82) is 0 Å². The Morgan fingerprint density at radius 2 is 1.59 bits per heavy atom. The first-order chi connectivity index (χ1) is 17.8. The van der Waals surface area contributed by atoms with Gasteiger partial charge in [0.1, 0.15) is 11.5 Å². The number of hydrogen-bond donors (Lipinski definition) is 5. The van der Waals surface area contributed by atoms with E-state index in [9.17, 15) is 19.5 Å². The number of phenolic OH excluding ortho intramolecular Hbond substituents is 1. The number of nitrogens with two attached hydrogens (primary N) is 2. The third-order valence-electron chi connectivity index (χ3n) is 5.90. The molecule has 0 saturated carbocycles. The molecule has 3 aromatic carbocycles. The number of rotatable bonds is 13. The summed E-state index contributed by atoms with van der Waals surface area (Å²) in [5.41, 5.74) is 12.6. The Balaban J connectivity index is 1.38. The molecular formula is C28H34N4O5. The van der Waals surface area contributed by atoms with Crippen molar-refractivity contribution >= 4 is 28.6 Å². The molecular weight excluding hydrogens is 472 g/mol. The first kappa shape index (κ1) is 27.5. The third-order valence-corrected chi connectivity index (χ3v) is 5.90. The monoisotopic (exact) mass is 506 g/mol. The Hall–Kier alpha value is -4.11. The fourth-order valence-electron chi connectivity index (χ4n) is 3.98. The minimum atomic E-state index is -0.885. The van der Waals surface area contributed by atoms with Crippen LogP contribution in [0, 0.1) is 0 Å². The van der Waals surface area contributed by atoms with Crippen LogP contribution in [0.25, 0.3) is 10.8 Å². The number of primary amides is 1. The highest BCUT2D eigenvalue weighted by Crippen LogP contribution is 2.27. The number of carbonyl (C=O) groups excluding carboxylic acids is 3. The highest BCUT2D eigenvalue weighted by Gasteiger charge is 2.14. The number of phenols is 1. The van der Waals surface area contributed by atoms with Gasteiger partial charge >= 0.3 is 6.03 Å². The summed E-state index contributed by atoms with van der Waals surface area (Å²) in [7, 11) is 0. The number of imide groups is 1. The molecule has 0 aliphatic carbocycles. The predicted octanol–water partition coefficient (Wildman–Crippen LogP) is 2.91. The molecule has 0 aliphatic heterocycles. The first-order valence-corrected chi connectivity index (χ1v) is 12.4. The van der Waals surface area contributed by atoms with E-state index in [2.05, 4.69) is 10.6 Å². The maximum atomic E-state index is 12.2. The molecule has 0 unspecified atom stereocenters. The second kappa shape index (κ2) is 13.8. The summed E-state index contributed by atoms with van der Waals surface area (Å²) in [4.78, 5) is 35.3. The molecule has 7 N–H and O–H groups in total. The zero-order valence-corrected chi connectivity index (χ0v) is 20.7. The van der Waals surface area contributed by atoms with Crippen molar-refractivity contribution in [1.82, 2.24) is 10.6 Å². The lowest BCUT2D eigenvalue weighted by Crippen LogP contribution is -2.42. The fraction of sp³-hybridized carbons (Fsp3) is 0.321. The summed E-state index contributed by atoms with van der Waals surface area (Å²) in [6.45, 7) is 1.03. The van der Waals surface area contributed by atoms with Crippen LogP contribution >= 0.6 is 0 Å². The average molecular weight is 507 g/mol. The Morgan fingerprint density at radius 1 is 0.919 bits per heavy atom. The van der Waals surface area contributed by atoms with Crippen LogP contribution in [-0.2, 0) is 22.4 Å². The number of hydrogen-bond acceptors (Lipinski definition) is 6. The quantitative estimate of drug-likeness (QED) is 0.224. The Bertz CT molecular complexity index is 1210. The van der Waals surface area contributed by atoms with E-state index in [0.717, 1.165) is 42.0 Å². The van der Waals surface area contributed by atoms with E-state index in [4.69, 9.17) is 16.2 Å². The fourth-order valence-corrected chi connectivity index (χ4v) is 3.98. The number of nitrogens with one attached hydrogen (secondary N) is 2. The Labute approximate surface area is 216 Å². The molecule has 9 heteroatoms. The van der Waals surface area contributed by atoms with E-state index in [1.807, 2.05) is 36.4 Å². The van der Waals surface area contributed by atoms with E-state index in [1.54, 1.807) is 24.3 Å². The molecule has 196 valence electrons. The van der Waals surface area contributed by atoms with Gasteiger partial charge in [0, 0.05) is 12.1 Å². The van der Waals surface area contributed by atoms with Gasteiger partial charge in [-0.05, 0) is 59.9 Å². The van der Waals surface area contributed by atoms with Gasteiger partial charge in [-0.15, -0.1) is 0 Å². The van der Waals surface area contributed by atoms with Crippen molar-refractivity contribution in [2.75, 3.05) is 13.2 Å². The van der Waals surface area contributed by atoms with Crippen LogP contribution < -0.4 is 26.8 Å². The molecule has 1 atom stereocenters. The van der Waals surface area contributed by atoms with Gasteiger partial charge < -0.3 is 26.6 Å². The largest absolute Gasteiger partial charge is 0.508 e. The Kier molecular flexibility index (Phi) is 10.3. The number of urea groups is 1. The minimum Gasteiger partial charge on any atom is -0.508 e. The molecule has 0 fully saturated rings. The number of amides is 4. The highest BCUT2D eigenvalue weighted by atomic mass is 16.5. The molecule has 0 heterocycles. The first-order valence-electron chi connectivity index (χ1n) is 12.4. The van der Waals surface area contributed by atoms with Gasteiger partial charge in [0.15, 0.2) is 0 Å². The lowest BCUT2D eigenvalue weighted by atomic mass is 10.0. The van der Waals surface area contributed by atoms with Crippen molar-refractivity contribution in [2.24, 2.45) is 11.5 Å². The normalized spacial score (nSPS) is 11.6. The van der Waals surface area contributed by atoms with Gasteiger partial charge in [0.2, 0.25) is 11.8 Å². The van der Waals surface area contributed by atoms with E-state index in [0.29, 0.717) is 30.9 Å². The second-order valence-corrected chi connectivity index (χ2v) is 8.93. The third kappa shape index (κ3) is 9.12. The summed E-state index contributed by atoms with van der Waals surface area (Å²) in [5.74, 6) is 0.101. The number of fused-ring (bicyclic) bond motifs is 1. The zero-order chi connectivity index (χ0) is 26.6. The lowest BCUT2D eigenvalue weighted by Gasteiger charge is -2.14. The van der Waals surface area contributed by atoms with Gasteiger partial charge in [-0.2, -0.15) is 0 Å². The standard InChI is InChI=1S/C28H34N4O5/c29-24(15-19-9-11-23(33)12-10-19)27(35)31-13-5-1-2-6-14-37-25-17-21-8-4-3-7-20(21)16-22(25)18-26(34)32-28(30)36/h3-4,7-12,16-17,24,33H,1-2,5-6,13-15,18,29H2,(H,31,35)(H3,30,32,34,36)/t24-/m0/s1. The molecule has 3 aromatic rings. The van der Waals surface area contributed by atoms with Crippen LogP contribution in [0.5, 0.6) is 11.5 Å². The number of ether oxygens (including phenoxy) is 1. The predicted molar refractivity (Wildman–Crippen MR) is 142 cm³/mol. The van der Waals surface area contributed by atoms with Crippen molar-refractivity contribution < 1.29 is 24.2 Å². The van der Waals surface area contributed by atoms with Crippen LogP contribution in [0.2, 0.25) is 0 Å². The van der Waals surface area contributed by atoms with Gasteiger partial charge in [0.25, 0.3) is 0 Å². The summed E-state index contributed by atoms with van der Waals surface area (Å²) < 4.78 is 5.99. The van der Waals surface area contributed by atoms with E-state index < -0.39 is 18.0 Å². The molecule has 0 aliphatic rings. The van der Waals surface area contributed by atoms with Gasteiger partial charge in [0.05, 0.1) is 19.1 Å². The molecule has 0 bridgehead atoms. The van der Waals surface area contributed by atoms with Crippen LogP contribution in [0.1, 0.15) is 36.8 Å². The zero-order valence-electron chi connectivity index (χ0n) is 20.7. The SMILES string of the molecule is NC(=O)NC(=O)Cc1cc2ccccc2cc1OCCCCCCNC(=O)[C@@H](N)Cc1ccc(O)cc1. The highest BCUT2D eigenvalue weighted by molar-refractivity contribution is 5.95. The molecule has 3 rings (SSSR count). The van der Waals surface area contributed by atoms with Crippen LogP contribution in [0.15, 0.2) is 60.7 Å². The molecule has 0 saturated heterocycles. The van der Waals surface area contributed by atoms with Crippen LogP contribution in [0.4, 0.5) is 4.79 Å².